The minimum atomic E-state index is -0.328. The number of hydrogen-bond donors (Lipinski definition) is 1. The summed E-state index contributed by atoms with van der Waals surface area (Å²) in [5, 5.41) is 3.09. The van der Waals surface area contributed by atoms with E-state index in [0.717, 1.165) is 12.3 Å². The van der Waals surface area contributed by atoms with Gasteiger partial charge >= 0.3 is 6.09 Å². The molecule has 108 valence electrons. The van der Waals surface area contributed by atoms with E-state index in [4.69, 9.17) is 4.74 Å². The lowest BCUT2D eigenvalue weighted by atomic mass is 9.69. The number of para-hydroxylation sites is 1. The Kier molecular flexibility index (Phi) is 3.03. The molecule has 20 heavy (non-hydrogen) atoms. The molecule has 2 aliphatic rings. The molecule has 1 N–H and O–H groups in total. The molecule has 2 saturated carbocycles. The van der Waals surface area contributed by atoms with Crippen LogP contribution in [0.2, 0.25) is 0 Å². The molecule has 3 atom stereocenters. The highest BCUT2D eigenvalue weighted by molar-refractivity contribution is 5.71. The molecule has 0 spiro atoms. The maximum atomic E-state index is 12.1. The van der Waals surface area contributed by atoms with Gasteiger partial charge in [0.2, 0.25) is 0 Å². The van der Waals surface area contributed by atoms with E-state index in [-0.39, 0.29) is 17.6 Å². The molecule has 3 unspecified atom stereocenters. The fraction of sp³-hybridized carbons (Fsp3) is 0.588. The Hall–Kier alpha value is -1.51. The average Bonchev–Trinajstić information content (AvgIpc) is 2.73. The Labute approximate surface area is 120 Å². The van der Waals surface area contributed by atoms with E-state index in [2.05, 4.69) is 26.1 Å². The molecule has 0 radical (unpaired) electrons. The van der Waals surface area contributed by atoms with E-state index in [1.165, 1.54) is 12.8 Å². The van der Waals surface area contributed by atoms with Crippen LogP contribution in [0.1, 0.15) is 40.0 Å². The zero-order valence-electron chi connectivity index (χ0n) is 12.5. The maximum Gasteiger partial charge on any atom is 0.412 e. The molecular weight excluding hydrogens is 250 g/mol. The van der Waals surface area contributed by atoms with Crippen molar-refractivity contribution in [2.75, 3.05) is 0 Å². The average molecular weight is 273 g/mol. The second-order valence-corrected chi connectivity index (χ2v) is 7.01. The largest absolute Gasteiger partial charge is 0.412 e. The van der Waals surface area contributed by atoms with Crippen LogP contribution < -0.4 is 10.1 Å². The summed E-state index contributed by atoms with van der Waals surface area (Å²) in [6.45, 7) is 7.00. The van der Waals surface area contributed by atoms with Crippen molar-refractivity contribution in [3.05, 3.63) is 30.3 Å². The van der Waals surface area contributed by atoms with Crippen molar-refractivity contribution in [1.82, 2.24) is 5.32 Å². The molecule has 0 aliphatic heterocycles. The molecule has 1 aromatic rings. The number of carbonyl (C=O) groups is 1. The monoisotopic (exact) mass is 273 g/mol. The molecule has 3 nitrogen and oxygen atoms in total. The van der Waals surface area contributed by atoms with Crippen molar-refractivity contribution in [3.8, 4) is 5.75 Å². The summed E-state index contributed by atoms with van der Waals surface area (Å²) in [4.78, 5) is 12.1. The van der Waals surface area contributed by atoms with Crippen molar-refractivity contribution in [1.29, 1.82) is 0 Å². The lowest BCUT2D eigenvalue weighted by molar-refractivity contribution is 0.117. The van der Waals surface area contributed by atoms with Gasteiger partial charge in [-0.05, 0) is 48.1 Å². The predicted molar refractivity (Wildman–Crippen MR) is 78.6 cm³/mol. The fourth-order valence-electron chi connectivity index (χ4n) is 4.19. The number of benzene rings is 1. The highest BCUT2D eigenvalue weighted by Crippen LogP contribution is 2.65. The number of fused-ring (bicyclic) bond motifs is 2. The molecule has 0 saturated heterocycles. The lowest BCUT2D eigenvalue weighted by Crippen LogP contribution is -2.47. The first-order valence-electron chi connectivity index (χ1n) is 7.47. The molecule has 0 aromatic heterocycles. The van der Waals surface area contributed by atoms with Crippen molar-refractivity contribution in [2.45, 2.75) is 46.1 Å². The van der Waals surface area contributed by atoms with Crippen LogP contribution in [-0.4, -0.2) is 12.1 Å². The standard InChI is InChI=1S/C17H23NO2/c1-16(2)12-9-10-17(16,3)14(11-12)18-15(19)20-13-7-5-4-6-8-13/h4-8,12,14H,9-11H2,1-3H3,(H,18,19). The van der Waals surface area contributed by atoms with E-state index in [0.29, 0.717) is 11.2 Å². The third-order valence-corrected chi connectivity index (χ3v) is 6.04. The first-order valence-corrected chi connectivity index (χ1v) is 7.47. The van der Waals surface area contributed by atoms with Gasteiger partial charge in [-0.3, -0.25) is 0 Å². The van der Waals surface area contributed by atoms with Crippen molar-refractivity contribution in [3.63, 3.8) is 0 Å². The molecule has 3 heteroatoms. The number of ether oxygens (including phenoxy) is 1. The van der Waals surface area contributed by atoms with E-state index in [1.54, 1.807) is 12.1 Å². The Morgan fingerprint density at radius 2 is 1.95 bits per heavy atom. The Morgan fingerprint density at radius 3 is 2.50 bits per heavy atom. The molecule has 1 amide bonds. The van der Waals surface area contributed by atoms with Crippen LogP contribution in [0.3, 0.4) is 0 Å². The molecule has 0 heterocycles. The molecule has 2 bridgehead atoms. The molecule has 2 aliphatic carbocycles. The van der Waals surface area contributed by atoms with E-state index < -0.39 is 0 Å². The molecular formula is C17H23NO2. The van der Waals surface area contributed by atoms with E-state index in [9.17, 15) is 4.79 Å². The topological polar surface area (TPSA) is 38.3 Å². The third kappa shape index (κ3) is 1.91. The quantitative estimate of drug-likeness (QED) is 0.884. The summed E-state index contributed by atoms with van der Waals surface area (Å²) in [6.07, 6.45) is 3.23. The highest BCUT2D eigenvalue weighted by atomic mass is 16.6. The first kappa shape index (κ1) is 13.5. The Balaban J connectivity index is 1.66. The van der Waals surface area contributed by atoms with Crippen LogP contribution >= 0.6 is 0 Å². The number of hydrogen-bond acceptors (Lipinski definition) is 2. The van der Waals surface area contributed by atoms with Gasteiger partial charge in [-0.25, -0.2) is 4.79 Å². The summed E-state index contributed by atoms with van der Waals surface area (Å²) < 4.78 is 5.35. The fourth-order valence-corrected chi connectivity index (χ4v) is 4.19. The van der Waals surface area contributed by atoms with Crippen LogP contribution in [-0.2, 0) is 0 Å². The zero-order valence-corrected chi connectivity index (χ0v) is 12.5. The van der Waals surface area contributed by atoms with Crippen LogP contribution in [0, 0.1) is 16.7 Å². The van der Waals surface area contributed by atoms with E-state index >= 15 is 0 Å². The summed E-state index contributed by atoms with van der Waals surface area (Å²) in [5.41, 5.74) is 0.491. The number of rotatable bonds is 2. The number of nitrogens with one attached hydrogen (secondary N) is 1. The van der Waals surface area contributed by atoms with Gasteiger partial charge in [0.05, 0.1) is 0 Å². The van der Waals surface area contributed by atoms with Crippen LogP contribution in [0.4, 0.5) is 4.79 Å². The van der Waals surface area contributed by atoms with Gasteiger partial charge in [-0.2, -0.15) is 0 Å². The normalized spacial score (nSPS) is 34.0. The van der Waals surface area contributed by atoms with Crippen LogP contribution in [0.15, 0.2) is 30.3 Å². The summed E-state index contributed by atoms with van der Waals surface area (Å²) in [6, 6.07) is 9.46. The van der Waals surface area contributed by atoms with Gasteiger partial charge in [0.15, 0.2) is 0 Å². The van der Waals surface area contributed by atoms with Crippen LogP contribution in [0.25, 0.3) is 0 Å². The lowest BCUT2D eigenvalue weighted by Gasteiger charge is -2.39. The molecule has 3 rings (SSSR count). The smallest absolute Gasteiger partial charge is 0.410 e. The van der Waals surface area contributed by atoms with Gasteiger partial charge in [-0.1, -0.05) is 39.0 Å². The minimum Gasteiger partial charge on any atom is -0.410 e. The minimum absolute atomic E-state index is 0.188. The zero-order chi connectivity index (χ0) is 14.4. The summed E-state index contributed by atoms with van der Waals surface area (Å²) in [5.74, 6) is 1.31. The summed E-state index contributed by atoms with van der Waals surface area (Å²) in [7, 11) is 0. The van der Waals surface area contributed by atoms with Crippen molar-refractivity contribution < 1.29 is 9.53 Å². The molecule has 1 aromatic carbocycles. The number of amides is 1. The predicted octanol–water partition coefficient (Wildman–Crippen LogP) is 3.99. The van der Waals surface area contributed by atoms with Gasteiger partial charge < -0.3 is 10.1 Å². The van der Waals surface area contributed by atoms with E-state index in [1.807, 2.05) is 18.2 Å². The van der Waals surface area contributed by atoms with Gasteiger partial charge in [0, 0.05) is 6.04 Å². The SMILES string of the molecule is CC1(C)C2CCC1(C)C(NC(=O)Oc1ccccc1)C2. The van der Waals surface area contributed by atoms with Crippen molar-refractivity contribution in [2.24, 2.45) is 16.7 Å². The third-order valence-electron chi connectivity index (χ3n) is 6.04. The van der Waals surface area contributed by atoms with Gasteiger partial charge in [-0.15, -0.1) is 0 Å². The Bertz CT molecular complexity index is 511. The van der Waals surface area contributed by atoms with Crippen LogP contribution in [0.5, 0.6) is 5.75 Å². The highest BCUT2D eigenvalue weighted by Gasteiger charge is 2.61. The number of carbonyl (C=O) groups excluding carboxylic acids is 1. The van der Waals surface area contributed by atoms with Gasteiger partial charge in [0.1, 0.15) is 5.75 Å². The van der Waals surface area contributed by atoms with Gasteiger partial charge in [0.25, 0.3) is 0 Å². The molecule has 2 fully saturated rings. The Morgan fingerprint density at radius 1 is 1.25 bits per heavy atom. The maximum absolute atomic E-state index is 12.1. The second kappa shape index (κ2) is 4.51. The second-order valence-electron chi connectivity index (χ2n) is 7.01. The first-order chi connectivity index (χ1) is 9.43. The summed E-state index contributed by atoms with van der Waals surface area (Å²) >= 11 is 0. The van der Waals surface area contributed by atoms with Crippen molar-refractivity contribution >= 4 is 6.09 Å².